The van der Waals surface area contributed by atoms with Crippen LogP contribution in [-0.4, -0.2) is 44.3 Å². The lowest BCUT2D eigenvalue weighted by Gasteiger charge is -2.21. The third-order valence-corrected chi connectivity index (χ3v) is 5.23. The molecule has 0 radical (unpaired) electrons. The van der Waals surface area contributed by atoms with Gasteiger partial charge in [0.25, 0.3) is 0 Å². The van der Waals surface area contributed by atoms with Crippen molar-refractivity contribution >= 4 is 22.8 Å². The first-order valence-corrected chi connectivity index (χ1v) is 9.42. The number of nitrogens with one attached hydrogen (secondary N) is 2. The molecule has 2 atom stereocenters. The summed E-state index contributed by atoms with van der Waals surface area (Å²) in [6.45, 7) is 0. The molecule has 0 fully saturated rings. The number of fused-ring (bicyclic) bond motifs is 2. The Morgan fingerprint density at radius 1 is 1.17 bits per heavy atom. The van der Waals surface area contributed by atoms with Crippen molar-refractivity contribution in [2.24, 2.45) is 0 Å². The third-order valence-electron chi connectivity index (χ3n) is 5.23. The summed E-state index contributed by atoms with van der Waals surface area (Å²) in [5, 5.41) is 4.13. The Balaban J connectivity index is 1.64. The van der Waals surface area contributed by atoms with Gasteiger partial charge in [0, 0.05) is 29.1 Å². The molecule has 8 heteroatoms. The summed E-state index contributed by atoms with van der Waals surface area (Å²) >= 11 is 0. The summed E-state index contributed by atoms with van der Waals surface area (Å²) in [5.74, 6) is -0.271. The molecule has 156 valence electrons. The maximum atomic E-state index is 12.5. The third kappa shape index (κ3) is 3.35. The van der Waals surface area contributed by atoms with Crippen LogP contribution in [0.5, 0.6) is 11.5 Å². The normalized spacial score (nSPS) is 16.1. The first-order valence-electron chi connectivity index (χ1n) is 9.42. The van der Waals surface area contributed by atoms with E-state index in [1.807, 2.05) is 30.5 Å². The highest BCUT2D eigenvalue weighted by atomic mass is 16.6. The Kier molecular flexibility index (Phi) is 5.33. The molecule has 2 N–H and O–H groups in total. The van der Waals surface area contributed by atoms with Crippen molar-refractivity contribution in [1.82, 2.24) is 10.3 Å². The smallest absolute Gasteiger partial charge is 0.344 e. The Labute approximate surface area is 173 Å². The van der Waals surface area contributed by atoms with Gasteiger partial charge in [-0.25, -0.2) is 4.79 Å². The van der Waals surface area contributed by atoms with Crippen molar-refractivity contribution in [2.45, 2.75) is 18.7 Å². The molecule has 0 amide bonds. The number of H-pyrrole nitrogens is 1. The number of rotatable bonds is 7. The largest absolute Gasteiger partial charge is 0.493 e. The van der Waals surface area contributed by atoms with Crippen molar-refractivity contribution in [3.05, 3.63) is 59.3 Å². The Morgan fingerprint density at radius 3 is 2.70 bits per heavy atom. The van der Waals surface area contributed by atoms with E-state index in [0.717, 1.165) is 16.5 Å². The number of cyclic esters (lactones) is 1. The van der Waals surface area contributed by atoms with Gasteiger partial charge in [-0.15, -0.1) is 0 Å². The van der Waals surface area contributed by atoms with Crippen LogP contribution >= 0.6 is 0 Å². The zero-order valence-corrected chi connectivity index (χ0v) is 16.9. The van der Waals surface area contributed by atoms with Crippen LogP contribution < -0.4 is 14.8 Å². The number of hydrogen-bond donors (Lipinski definition) is 2. The van der Waals surface area contributed by atoms with Gasteiger partial charge in [0.2, 0.25) is 0 Å². The lowest BCUT2D eigenvalue weighted by molar-refractivity contribution is -0.144. The van der Waals surface area contributed by atoms with Crippen molar-refractivity contribution in [3.63, 3.8) is 0 Å². The molecule has 1 aliphatic heterocycles. The number of hydrogen-bond acceptors (Lipinski definition) is 7. The maximum Gasteiger partial charge on any atom is 0.344 e. The zero-order valence-electron chi connectivity index (χ0n) is 16.9. The monoisotopic (exact) mass is 410 g/mol. The quantitative estimate of drug-likeness (QED) is 0.578. The van der Waals surface area contributed by atoms with Crippen LogP contribution in [0, 0.1) is 0 Å². The number of ether oxygens (including phenoxy) is 4. The van der Waals surface area contributed by atoms with Gasteiger partial charge in [0.1, 0.15) is 11.6 Å². The molecule has 0 aliphatic carbocycles. The molecule has 3 aromatic rings. The second-order valence-corrected chi connectivity index (χ2v) is 6.86. The molecule has 0 unspecified atom stereocenters. The number of benzene rings is 2. The molecule has 1 aromatic heterocycles. The zero-order chi connectivity index (χ0) is 21.3. The number of carbonyl (C=O) groups is 2. The molecular weight excluding hydrogens is 388 g/mol. The van der Waals surface area contributed by atoms with E-state index in [4.69, 9.17) is 18.9 Å². The van der Waals surface area contributed by atoms with E-state index >= 15 is 0 Å². The molecule has 4 rings (SSSR count). The lowest BCUT2D eigenvalue weighted by Crippen LogP contribution is -2.41. The van der Waals surface area contributed by atoms with E-state index in [1.165, 1.54) is 21.3 Å². The lowest BCUT2D eigenvalue weighted by atomic mass is 10.0. The number of aromatic nitrogens is 1. The number of esters is 2. The molecule has 0 saturated carbocycles. The average Bonchev–Trinajstić information content (AvgIpc) is 3.33. The van der Waals surface area contributed by atoms with Gasteiger partial charge < -0.3 is 23.9 Å². The fourth-order valence-electron chi connectivity index (χ4n) is 3.78. The predicted molar refractivity (Wildman–Crippen MR) is 109 cm³/mol. The van der Waals surface area contributed by atoms with Gasteiger partial charge in [-0.2, -0.15) is 0 Å². The van der Waals surface area contributed by atoms with Crippen LogP contribution in [0.1, 0.15) is 27.7 Å². The van der Waals surface area contributed by atoms with Crippen LogP contribution in [0.3, 0.4) is 0 Å². The first-order chi connectivity index (χ1) is 14.6. The van der Waals surface area contributed by atoms with Crippen LogP contribution in [0.25, 0.3) is 10.9 Å². The Hall–Kier alpha value is -3.52. The fraction of sp³-hybridized carbons (Fsp3) is 0.273. The second kappa shape index (κ2) is 8.08. The first kappa shape index (κ1) is 19.8. The van der Waals surface area contributed by atoms with Crippen molar-refractivity contribution in [3.8, 4) is 11.5 Å². The van der Waals surface area contributed by atoms with E-state index in [0.29, 0.717) is 23.5 Å². The van der Waals surface area contributed by atoms with Crippen molar-refractivity contribution < 1.29 is 28.5 Å². The van der Waals surface area contributed by atoms with Gasteiger partial charge in [-0.3, -0.25) is 10.1 Å². The molecular formula is C22H22N2O6. The Morgan fingerprint density at radius 2 is 1.97 bits per heavy atom. The van der Waals surface area contributed by atoms with E-state index in [-0.39, 0.29) is 5.56 Å². The summed E-state index contributed by atoms with van der Waals surface area (Å²) in [7, 11) is 4.28. The summed E-state index contributed by atoms with van der Waals surface area (Å²) < 4.78 is 21.1. The minimum Gasteiger partial charge on any atom is -0.493 e. The van der Waals surface area contributed by atoms with Crippen LogP contribution in [0.4, 0.5) is 0 Å². The summed E-state index contributed by atoms with van der Waals surface area (Å²) in [4.78, 5) is 28.2. The van der Waals surface area contributed by atoms with Gasteiger partial charge in [0.05, 0.1) is 21.3 Å². The molecule has 8 nitrogen and oxygen atoms in total. The minimum absolute atomic E-state index is 0.282. The maximum absolute atomic E-state index is 12.5. The van der Waals surface area contributed by atoms with Crippen LogP contribution in [0.2, 0.25) is 0 Å². The van der Waals surface area contributed by atoms with E-state index in [2.05, 4.69) is 10.3 Å². The summed E-state index contributed by atoms with van der Waals surface area (Å²) in [6, 6.07) is 10.5. The summed E-state index contributed by atoms with van der Waals surface area (Å²) in [5.41, 5.74) is 2.78. The average molecular weight is 410 g/mol. The second-order valence-electron chi connectivity index (χ2n) is 6.86. The van der Waals surface area contributed by atoms with Crippen LogP contribution in [0.15, 0.2) is 42.6 Å². The standard InChI is InChI=1S/C22H22N2O6/c1-27-17-9-8-14-18(19(17)28-2)22(26)30-20(14)24-16(21(25)29-3)10-12-11-23-15-7-5-4-6-13(12)15/h4-9,11,16,20,23-24H,10H2,1-3H3/t16-,20-/m1/s1. The van der Waals surface area contributed by atoms with E-state index in [9.17, 15) is 9.59 Å². The van der Waals surface area contributed by atoms with Gasteiger partial charge >= 0.3 is 11.9 Å². The SMILES string of the molecule is COC(=O)[C@@H](Cc1c[nH]c2ccccc12)N[C@@H]1OC(=O)c2c1ccc(OC)c2OC. The summed E-state index contributed by atoms with van der Waals surface area (Å²) in [6.07, 6.45) is 1.40. The molecule has 0 spiro atoms. The molecule has 0 saturated heterocycles. The van der Waals surface area contributed by atoms with E-state index in [1.54, 1.807) is 12.1 Å². The number of methoxy groups -OCH3 is 3. The van der Waals surface area contributed by atoms with Gasteiger partial charge in [0.15, 0.2) is 17.7 Å². The highest BCUT2D eigenvalue weighted by molar-refractivity contribution is 5.98. The van der Waals surface area contributed by atoms with Crippen molar-refractivity contribution in [1.29, 1.82) is 0 Å². The molecule has 2 aromatic carbocycles. The van der Waals surface area contributed by atoms with Gasteiger partial charge in [-0.1, -0.05) is 18.2 Å². The van der Waals surface area contributed by atoms with Gasteiger partial charge in [-0.05, 0) is 23.8 Å². The molecule has 2 heterocycles. The molecule has 0 bridgehead atoms. The number of para-hydroxylation sites is 1. The number of carbonyl (C=O) groups excluding carboxylic acids is 2. The molecule has 30 heavy (non-hydrogen) atoms. The van der Waals surface area contributed by atoms with E-state index < -0.39 is 24.2 Å². The highest BCUT2D eigenvalue weighted by Gasteiger charge is 2.38. The Bertz CT molecular complexity index is 1110. The topological polar surface area (TPSA) is 98.9 Å². The van der Waals surface area contributed by atoms with Crippen molar-refractivity contribution in [2.75, 3.05) is 21.3 Å². The predicted octanol–water partition coefficient (Wildman–Crippen LogP) is 2.73. The fourth-order valence-corrected chi connectivity index (χ4v) is 3.78. The molecule has 1 aliphatic rings. The number of aromatic amines is 1. The van der Waals surface area contributed by atoms with Crippen LogP contribution in [-0.2, 0) is 20.7 Å². The minimum atomic E-state index is -0.818. The highest BCUT2D eigenvalue weighted by Crippen LogP contribution is 2.41.